The van der Waals surface area contributed by atoms with Crippen LogP contribution in [0.4, 0.5) is 0 Å². The van der Waals surface area contributed by atoms with Crippen molar-refractivity contribution in [1.82, 2.24) is 20.1 Å². The van der Waals surface area contributed by atoms with Gasteiger partial charge in [0.2, 0.25) is 0 Å². The smallest absolute Gasteiger partial charge is 0.0729 e. The number of nitrogens with one attached hydrogen (secondary N) is 1. The predicted molar refractivity (Wildman–Crippen MR) is 112 cm³/mol. The molecule has 1 aromatic carbocycles. The summed E-state index contributed by atoms with van der Waals surface area (Å²) < 4.78 is 2.01. The zero-order valence-electron chi connectivity index (χ0n) is 16.8. The first-order valence-corrected chi connectivity index (χ1v) is 10.3. The molecule has 4 nitrogen and oxygen atoms in total. The van der Waals surface area contributed by atoms with Crippen molar-refractivity contribution in [2.45, 2.75) is 64.8 Å². The molecule has 0 spiro atoms. The Morgan fingerprint density at radius 2 is 1.96 bits per heavy atom. The van der Waals surface area contributed by atoms with Gasteiger partial charge < -0.3 is 5.32 Å². The first-order chi connectivity index (χ1) is 13.2. The maximum Gasteiger partial charge on any atom is 0.0729 e. The summed E-state index contributed by atoms with van der Waals surface area (Å²) in [4.78, 5) is 4.88. The molecule has 4 heteroatoms. The van der Waals surface area contributed by atoms with Crippen molar-refractivity contribution in [3.63, 3.8) is 0 Å². The molecule has 2 heterocycles. The average Bonchev–Trinajstić information content (AvgIpc) is 3.16. The molecule has 0 radical (unpaired) electrons. The van der Waals surface area contributed by atoms with Crippen LogP contribution in [0, 0.1) is 6.92 Å². The number of aromatic nitrogens is 3. The molecule has 2 aromatic heterocycles. The highest BCUT2D eigenvalue weighted by Crippen LogP contribution is 2.37. The van der Waals surface area contributed by atoms with Crippen LogP contribution in [-0.4, -0.2) is 21.8 Å². The van der Waals surface area contributed by atoms with E-state index in [2.05, 4.69) is 48.7 Å². The highest BCUT2D eigenvalue weighted by atomic mass is 15.3. The molecule has 142 valence electrons. The van der Waals surface area contributed by atoms with Crippen LogP contribution in [0.15, 0.2) is 30.6 Å². The van der Waals surface area contributed by atoms with Crippen LogP contribution in [0.3, 0.4) is 0 Å². The van der Waals surface area contributed by atoms with Crippen molar-refractivity contribution in [1.29, 1.82) is 0 Å². The van der Waals surface area contributed by atoms with Gasteiger partial charge in [-0.25, -0.2) is 4.68 Å². The van der Waals surface area contributed by atoms with Crippen molar-refractivity contribution < 1.29 is 0 Å². The molecule has 0 atom stereocenters. The van der Waals surface area contributed by atoms with Gasteiger partial charge in [0.1, 0.15) is 0 Å². The van der Waals surface area contributed by atoms with Crippen molar-refractivity contribution in [2.24, 2.45) is 0 Å². The first-order valence-electron chi connectivity index (χ1n) is 10.3. The first kappa shape index (κ1) is 18.2. The predicted octanol–water partition coefficient (Wildman–Crippen LogP) is 5.06. The third kappa shape index (κ3) is 3.63. The lowest BCUT2D eigenvalue weighted by atomic mass is 9.82. The van der Waals surface area contributed by atoms with E-state index in [1.165, 1.54) is 54.2 Å². The van der Waals surface area contributed by atoms with E-state index in [-0.39, 0.29) is 0 Å². The van der Waals surface area contributed by atoms with Crippen molar-refractivity contribution in [3.05, 3.63) is 53.0 Å². The Hall–Kier alpha value is -2.20. The molecule has 3 aromatic rings. The van der Waals surface area contributed by atoms with Gasteiger partial charge in [-0.15, -0.1) is 0 Å². The molecule has 1 aliphatic carbocycles. The van der Waals surface area contributed by atoms with Crippen LogP contribution in [0.5, 0.6) is 0 Å². The van der Waals surface area contributed by atoms with E-state index in [0.29, 0.717) is 5.92 Å². The highest BCUT2D eigenvalue weighted by molar-refractivity contribution is 5.86. The van der Waals surface area contributed by atoms with Crippen molar-refractivity contribution >= 4 is 10.9 Å². The van der Waals surface area contributed by atoms with E-state index >= 15 is 0 Å². The maximum absolute atomic E-state index is 4.88. The second-order valence-corrected chi connectivity index (χ2v) is 7.86. The summed E-state index contributed by atoms with van der Waals surface area (Å²) in [5, 5.41) is 9.14. The van der Waals surface area contributed by atoms with Crippen LogP contribution >= 0.6 is 0 Å². The zero-order chi connectivity index (χ0) is 18.8. The molecule has 1 saturated carbocycles. The second-order valence-electron chi connectivity index (χ2n) is 7.86. The zero-order valence-corrected chi connectivity index (χ0v) is 16.8. The Morgan fingerprint density at radius 3 is 2.70 bits per heavy atom. The minimum absolute atomic E-state index is 0.686. The molecule has 4 rings (SSSR count). The molecule has 0 saturated heterocycles. The molecule has 1 N–H and O–H groups in total. The summed E-state index contributed by atoms with van der Waals surface area (Å²) >= 11 is 0. The lowest BCUT2D eigenvalue weighted by molar-refractivity contribution is 0.445. The Labute approximate surface area is 162 Å². The number of hydrogen-bond acceptors (Lipinski definition) is 3. The third-order valence-electron chi connectivity index (χ3n) is 5.86. The van der Waals surface area contributed by atoms with Gasteiger partial charge in [-0.1, -0.05) is 26.2 Å². The van der Waals surface area contributed by atoms with Crippen LogP contribution in [0.25, 0.3) is 16.6 Å². The second kappa shape index (κ2) is 7.81. The molecule has 1 fully saturated rings. The average molecular weight is 363 g/mol. The monoisotopic (exact) mass is 362 g/mol. The molecule has 0 amide bonds. The topological polar surface area (TPSA) is 42.7 Å². The van der Waals surface area contributed by atoms with Crippen molar-refractivity contribution in [2.75, 3.05) is 7.05 Å². The van der Waals surface area contributed by atoms with Gasteiger partial charge in [-0.2, -0.15) is 5.10 Å². The molecular formula is C23H30N4. The lowest BCUT2D eigenvalue weighted by Crippen LogP contribution is -2.07. The summed E-state index contributed by atoms with van der Waals surface area (Å²) in [6, 6.07) is 6.94. The van der Waals surface area contributed by atoms with Gasteiger partial charge in [-0.3, -0.25) is 4.98 Å². The molecule has 0 aliphatic heterocycles. The fourth-order valence-electron chi connectivity index (χ4n) is 4.51. The van der Waals surface area contributed by atoms with Crippen LogP contribution in [-0.2, 0) is 13.0 Å². The Kier molecular flexibility index (Phi) is 5.26. The fourth-order valence-corrected chi connectivity index (χ4v) is 4.51. The number of rotatable bonds is 5. The summed E-state index contributed by atoms with van der Waals surface area (Å²) in [6.07, 6.45) is 11.8. The largest absolute Gasteiger partial charge is 0.316 e. The number of pyridine rings is 1. The van der Waals surface area contributed by atoms with E-state index in [1.807, 2.05) is 17.9 Å². The Morgan fingerprint density at radius 1 is 1.15 bits per heavy atom. The van der Waals surface area contributed by atoms with Gasteiger partial charge in [0.25, 0.3) is 0 Å². The number of hydrogen-bond donors (Lipinski definition) is 1. The molecule has 1 aliphatic rings. The van der Waals surface area contributed by atoms with E-state index < -0.39 is 0 Å². The summed E-state index contributed by atoms with van der Waals surface area (Å²) in [5.74, 6) is 0.686. The fraction of sp³-hybridized carbons (Fsp3) is 0.478. The Bertz CT molecular complexity index is 935. The van der Waals surface area contributed by atoms with Crippen LogP contribution < -0.4 is 5.32 Å². The van der Waals surface area contributed by atoms with E-state index in [1.54, 1.807) is 0 Å². The standard InChI is InChI=1S/C23H30N4/c1-4-18-11-21-20(19-8-6-5-7-9-19)10-16(2)26-22(21)12-23(18)27-15-17(13-24-3)14-25-27/h10-12,14-15,19,24H,4-9,13H2,1-3H3. The third-order valence-corrected chi connectivity index (χ3v) is 5.86. The van der Waals surface area contributed by atoms with Gasteiger partial charge >= 0.3 is 0 Å². The minimum atomic E-state index is 0.686. The van der Waals surface area contributed by atoms with Gasteiger partial charge in [0, 0.05) is 29.4 Å². The SMILES string of the molecule is CCc1cc2c(C3CCCCC3)cc(C)nc2cc1-n1cc(CNC)cn1. The van der Waals surface area contributed by atoms with E-state index in [4.69, 9.17) is 4.98 Å². The van der Waals surface area contributed by atoms with Gasteiger partial charge in [0.15, 0.2) is 0 Å². The lowest BCUT2D eigenvalue weighted by Gasteiger charge is -2.24. The van der Waals surface area contributed by atoms with Crippen LogP contribution in [0.2, 0.25) is 0 Å². The molecule has 27 heavy (non-hydrogen) atoms. The van der Waals surface area contributed by atoms with E-state index in [9.17, 15) is 0 Å². The maximum atomic E-state index is 4.88. The number of benzene rings is 1. The molecular weight excluding hydrogens is 332 g/mol. The van der Waals surface area contributed by atoms with E-state index in [0.717, 1.165) is 29.9 Å². The summed E-state index contributed by atoms with van der Waals surface area (Å²) in [7, 11) is 1.96. The van der Waals surface area contributed by atoms with Crippen LogP contribution in [0.1, 0.15) is 67.3 Å². The highest BCUT2D eigenvalue weighted by Gasteiger charge is 2.20. The summed E-state index contributed by atoms with van der Waals surface area (Å²) in [5.41, 5.74) is 7.42. The number of aryl methyl sites for hydroxylation is 2. The number of fused-ring (bicyclic) bond motifs is 1. The summed E-state index contributed by atoms with van der Waals surface area (Å²) in [6.45, 7) is 5.18. The normalized spacial score (nSPS) is 15.5. The quantitative estimate of drug-likeness (QED) is 0.690. The van der Waals surface area contributed by atoms with Gasteiger partial charge in [0.05, 0.1) is 17.4 Å². The molecule has 0 unspecified atom stereocenters. The molecule has 0 bridgehead atoms. The number of nitrogens with zero attached hydrogens (tertiary/aromatic N) is 3. The minimum Gasteiger partial charge on any atom is -0.316 e. The van der Waals surface area contributed by atoms with Crippen molar-refractivity contribution in [3.8, 4) is 5.69 Å². The Balaban J connectivity index is 1.84. The van der Waals surface area contributed by atoms with Gasteiger partial charge in [-0.05, 0) is 68.5 Å².